The van der Waals surface area contributed by atoms with E-state index in [1.165, 1.54) is 12.1 Å². The topological polar surface area (TPSA) is 110 Å². The number of benzene rings is 1. The van der Waals surface area contributed by atoms with Crippen molar-refractivity contribution < 1.29 is 32.6 Å². The Morgan fingerprint density at radius 2 is 1.96 bits per heavy atom. The van der Waals surface area contributed by atoms with Gasteiger partial charge in [0.25, 0.3) is 0 Å². The molecule has 1 aliphatic heterocycles. The second-order valence-electron chi connectivity index (χ2n) is 5.91. The number of nitrogens with zero attached hydrogens (tertiary/aromatic N) is 1. The van der Waals surface area contributed by atoms with Gasteiger partial charge in [-0.1, -0.05) is 6.07 Å². The lowest BCUT2D eigenvalue weighted by molar-refractivity contribution is -0.159. The average Bonchev–Trinajstić information content (AvgIpc) is 2.97. The van der Waals surface area contributed by atoms with Crippen LogP contribution in [0.15, 0.2) is 23.1 Å². The number of ether oxygens (including phenoxy) is 2. The Morgan fingerprint density at radius 1 is 1.28 bits per heavy atom. The number of aryl methyl sites for hydroxylation is 2. The third-order valence-corrected chi connectivity index (χ3v) is 6.02. The van der Waals surface area contributed by atoms with Crippen molar-refractivity contribution >= 4 is 22.0 Å². The number of carbonyl (C=O) groups is 2. The van der Waals surface area contributed by atoms with Gasteiger partial charge in [0.15, 0.2) is 6.61 Å². The zero-order valence-electron chi connectivity index (χ0n) is 14.3. The molecule has 0 aromatic heterocycles. The normalized spacial score (nSPS) is 21.1. The second kappa shape index (κ2) is 7.51. The predicted molar refractivity (Wildman–Crippen MR) is 87.2 cm³/mol. The minimum atomic E-state index is -3.99. The van der Waals surface area contributed by atoms with Gasteiger partial charge in [0.05, 0.1) is 18.1 Å². The van der Waals surface area contributed by atoms with E-state index in [1.54, 1.807) is 13.0 Å². The van der Waals surface area contributed by atoms with Gasteiger partial charge in [0.1, 0.15) is 6.04 Å². The molecule has 1 aromatic carbocycles. The van der Waals surface area contributed by atoms with Crippen molar-refractivity contribution in [1.82, 2.24) is 4.31 Å². The highest BCUT2D eigenvalue weighted by molar-refractivity contribution is 7.89. The minimum absolute atomic E-state index is 0.0375. The fourth-order valence-electron chi connectivity index (χ4n) is 2.56. The lowest BCUT2D eigenvalue weighted by Crippen LogP contribution is -2.42. The maximum atomic E-state index is 12.9. The quantitative estimate of drug-likeness (QED) is 0.733. The van der Waals surface area contributed by atoms with Crippen LogP contribution in [-0.4, -0.2) is 62.2 Å². The molecule has 1 aliphatic rings. The van der Waals surface area contributed by atoms with E-state index >= 15 is 0 Å². The lowest BCUT2D eigenvalue weighted by atomic mass is 10.1. The van der Waals surface area contributed by atoms with Gasteiger partial charge in [-0.05, 0) is 37.1 Å². The molecule has 2 rings (SSSR count). The van der Waals surface area contributed by atoms with E-state index in [2.05, 4.69) is 4.74 Å². The summed E-state index contributed by atoms with van der Waals surface area (Å²) in [7, 11) is -2.85. The Labute approximate surface area is 146 Å². The number of aliphatic hydroxyl groups excluding tert-OH is 1. The highest BCUT2D eigenvalue weighted by Crippen LogP contribution is 2.28. The molecule has 1 saturated heterocycles. The van der Waals surface area contributed by atoms with Crippen LogP contribution in [0.1, 0.15) is 17.5 Å². The molecule has 1 heterocycles. The van der Waals surface area contributed by atoms with Crippen LogP contribution in [0.4, 0.5) is 0 Å². The van der Waals surface area contributed by atoms with Crippen LogP contribution in [0.2, 0.25) is 0 Å². The van der Waals surface area contributed by atoms with Gasteiger partial charge in [-0.15, -0.1) is 0 Å². The Bertz CT molecular complexity index is 775. The highest BCUT2D eigenvalue weighted by atomic mass is 32.2. The Hall–Kier alpha value is -1.97. The number of sulfonamides is 1. The Kier molecular flexibility index (Phi) is 5.81. The first-order chi connectivity index (χ1) is 11.7. The molecule has 1 aromatic rings. The molecule has 0 spiro atoms. The van der Waals surface area contributed by atoms with Gasteiger partial charge in [0.2, 0.25) is 10.0 Å². The summed E-state index contributed by atoms with van der Waals surface area (Å²) in [6.07, 6.45) is -1.08. The summed E-state index contributed by atoms with van der Waals surface area (Å²) in [5.41, 5.74) is 1.74. The standard InChI is InChI=1S/C16H21NO7S/c1-10-4-5-13(6-11(10)2)25(21,22)17-8-12(18)7-14(17)16(20)24-9-15(19)23-3/h4-6,12,14,18H,7-9H2,1-3H3/t12?,14-/m0/s1. The van der Waals surface area contributed by atoms with Crippen molar-refractivity contribution in [3.8, 4) is 0 Å². The van der Waals surface area contributed by atoms with Gasteiger partial charge in [-0.3, -0.25) is 4.79 Å². The largest absolute Gasteiger partial charge is 0.466 e. The van der Waals surface area contributed by atoms with Crippen molar-refractivity contribution in [3.63, 3.8) is 0 Å². The van der Waals surface area contributed by atoms with E-state index in [0.29, 0.717) is 0 Å². The van der Waals surface area contributed by atoms with E-state index in [1.807, 2.05) is 6.92 Å². The number of β-amino-alcohol motifs (C(OH)–C–C–N with tert-alkyl or cyclic N) is 1. The maximum Gasteiger partial charge on any atom is 0.344 e. The molecule has 8 nitrogen and oxygen atoms in total. The van der Waals surface area contributed by atoms with E-state index < -0.39 is 40.7 Å². The fourth-order valence-corrected chi connectivity index (χ4v) is 4.27. The molecule has 1 N–H and O–H groups in total. The van der Waals surface area contributed by atoms with Crippen LogP contribution < -0.4 is 0 Å². The number of hydrogen-bond donors (Lipinski definition) is 1. The molecule has 1 fully saturated rings. The molecule has 0 radical (unpaired) electrons. The molecule has 0 amide bonds. The van der Waals surface area contributed by atoms with Gasteiger partial charge >= 0.3 is 11.9 Å². The Balaban J connectivity index is 2.26. The number of esters is 2. The molecule has 25 heavy (non-hydrogen) atoms. The van der Waals surface area contributed by atoms with Gasteiger partial charge in [-0.2, -0.15) is 4.31 Å². The summed E-state index contributed by atoms with van der Waals surface area (Å²) in [6.45, 7) is 2.82. The van der Waals surface area contributed by atoms with E-state index in [0.717, 1.165) is 22.5 Å². The fraction of sp³-hybridized carbons (Fsp3) is 0.500. The number of aliphatic hydroxyl groups is 1. The molecule has 2 atom stereocenters. The first-order valence-electron chi connectivity index (χ1n) is 7.67. The van der Waals surface area contributed by atoms with Crippen molar-refractivity contribution in [2.75, 3.05) is 20.3 Å². The van der Waals surface area contributed by atoms with Gasteiger partial charge < -0.3 is 14.6 Å². The molecule has 138 valence electrons. The SMILES string of the molecule is COC(=O)COC(=O)[C@@H]1CC(O)CN1S(=O)(=O)c1ccc(C)c(C)c1. The van der Waals surface area contributed by atoms with E-state index in [-0.39, 0.29) is 17.9 Å². The van der Waals surface area contributed by atoms with E-state index in [9.17, 15) is 23.1 Å². The molecule has 1 unspecified atom stereocenters. The molecule has 0 bridgehead atoms. The summed E-state index contributed by atoms with van der Waals surface area (Å²) in [5, 5.41) is 9.85. The molecule has 0 saturated carbocycles. The van der Waals surface area contributed by atoms with Crippen LogP contribution in [0.25, 0.3) is 0 Å². The van der Waals surface area contributed by atoms with Crippen LogP contribution >= 0.6 is 0 Å². The number of methoxy groups -OCH3 is 1. The van der Waals surface area contributed by atoms with Crippen molar-refractivity contribution in [3.05, 3.63) is 29.3 Å². The van der Waals surface area contributed by atoms with Gasteiger partial charge in [-0.25, -0.2) is 13.2 Å². The lowest BCUT2D eigenvalue weighted by Gasteiger charge is -2.22. The Morgan fingerprint density at radius 3 is 2.56 bits per heavy atom. The first kappa shape index (κ1) is 19.4. The summed E-state index contributed by atoms with van der Waals surface area (Å²) in [6, 6.07) is 3.47. The molecular weight excluding hydrogens is 350 g/mol. The van der Waals surface area contributed by atoms with Crippen LogP contribution in [0.5, 0.6) is 0 Å². The maximum absolute atomic E-state index is 12.9. The average molecular weight is 371 g/mol. The summed E-state index contributed by atoms with van der Waals surface area (Å²) >= 11 is 0. The van der Waals surface area contributed by atoms with Crippen molar-refractivity contribution in [2.24, 2.45) is 0 Å². The van der Waals surface area contributed by atoms with Crippen molar-refractivity contribution in [1.29, 1.82) is 0 Å². The number of carbonyl (C=O) groups excluding carboxylic acids is 2. The monoisotopic (exact) mass is 371 g/mol. The number of rotatable bonds is 5. The van der Waals surface area contributed by atoms with E-state index in [4.69, 9.17) is 4.74 Å². The summed E-state index contributed by atoms with van der Waals surface area (Å²) < 4.78 is 35.8. The minimum Gasteiger partial charge on any atom is -0.466 e. The third kappa shape index (κ3) is 4.17. The van der Waals surface area contributed by atoms with Gasteiger partial charge in [0, 0.05) is 13.0 Å². The van der Waals surface area contributed by atoms with Crippen LogP contribution in [-0.2, 0) is 29.1 Å². The summed E-state index contributed by atoms with van der Waals surface area (Å²) in [4.78, 5) is 23.3. The second-order valence-corrected chi connectivity index (χ2v) is 7.80. The van der Waals surface area contributed by atoms with Crippen molar-refractivity contribution in [2.45, 2.75) is 37.3 Å². The molecular formula is C16H21NO7S. The van der Waals surface area contributed by atoms with Crippen LogP contribution in [0, 0.1) is 13.8 Å². The smallest absolute Gasteiger partial charge is 0.344 e. The molecule has 9 heteroatoms. The number of hydrogen-bond acceptors (Lipinski definition) is 7. The third-order valence-electron chi connectivity index (χ3n) is 4.15. The first-order valence-corrected chi connectivity index (χ1v) is 9.11. The summed E-state index contributed by atoms with van der Waals surface area (Å²) in [5.74, 6) is -1.65. The molecule has 0 aliphatic carbocycles. The van der Waals surface area contributed by atoms with Crippen LogP contribution in [0.3, 0.4) is 0 Å². The predicted octanol–water partition coefficient (Wildman–Crippen LogP) is 0.144. The highest BCUT2D eigenvalue weighted by Gasteiger charge is 2.44. The zero-order chi connectivity index (χ0) is 18.8. The zero-order valence-corrected chi connectivity index (χ0v) is 15.1.